The summed E-state index contributed by atoms with van der Waals surface area (Å²) in [6.45, 7) is 0.577. The van der Waals surface area contributed by atoms with Gasteiger partial charge >= 0.3 is 0 Å². The van der Waals surface area contributed by atoms with Crippen LogP contribution in [-0.2, 0) is 6.42 Å². The van der Waals surface area contributed by atoms with Gasteiger partial charge in [0.1, 0.15) is 5.75 Å². The minimum Gasteiger partial charge on any atom is -0.493 e. The van der Waals surface area contributed by atoms with E-state index in [1.807, 2.05) is 42.5 Å². The van der Waals surface area contributed by atoms with Gasteiger partial charge < -0.3 is 15.2 Å². The lowest BCUT2D eigenvalue weighted by Gasteiger charge is -2.54. The zero-order valence-corrected chi connectivity index (χ0v) is 16.5. The molecule has 2 N–H and O–H groups in total. The van der Waals surface area contributed by atoms with Crippen molar-refractivity contribution in [2.24, 2.45) is 11.8 Å². The van der Waals surface area contributed by atoms with E-state index in [0.717, 1.165) is 37.9 Å². The predicted molar refractivity (Wildman–Crippen MR) is 112 cm³/mol. The average Bonchev–Trinajstić information content (AvgIpc) is 2.70. The molecular formula is C25H27NO3. The largest absolute Gasteiger partial charge is 0.493 e. The van der Waals surface area contributed by atoms with Crippen LogP contribution < -0.4 is 10.1 Å². The van der Waals surface area contributed by atoms with Crippen LogP contribution in [0.3, 0.4) is 0 Å². The van der Waals surface area contributed by atoms with Gasteiger partial charge in [0.25, 0.3) is 5.91 Å². The van der Waals surface area contributed by atoms with Gasteiger partial charge in [-0.15, -0.1) is 0 Å². The number of nitrogens with one attached hydrogen (secondary N) is 1. The first kappa shape index (κ1) is 18.4. The average molecular weight is 389 g/mol. The molecule has 4 nitrogen and oxygen atoms in total. The molecule has 2 aromatic carbocycles. The third-order valence-electron chi connectivity index (χ3n) is 6.65. The first-order valence-corrected chi connectivity index (χ1v) is 10.6. The molecule has 4 heteroatoms. The lowest BCUT2D eigenvalue weighted by molar-refractivity contribution is -0.0656. The second-order valence-corrected chi connectivity index (χ2v) is 8.87. The number of carbonyl (C=O) groups excluding carboxylic acids is 1. The van der Waals surface area contributed by atoms with Crippen LogP contribution >= 0.6 is 0 Å². The molecule has 2 saturated carbocycles. The quantitative estimate of drug-likeness (QED) is 0.737. The first-order valence-electron chi connectivity index (χ1n) is 10.6. The molecule has 0 radical (unpaired) electrons. The molecule has 4 atom stereocenters. The van der Waals surface area contributed by atoms with Crippen LogP contribution in [0.25, 0.3) is 0 Å². The topological polar surface area (TPSA) is 58.6 Å². The second kappa shape index (κ2) is 7.34. The molecule has 0 saturated heterocycles. The number of aliphatic hydroxyl groups is 1. The van der Waals surface area contributed by atoms with Crippen LogP contribution in [-0.4, -0.2) is 29.3 Å². The Morgan fingerprint density at radius 3 is 2.79 bits per heavy atom. The summed E-state index contributed by atoms with van der Waals surface area (Å²) in [6.07, 6.45) is 6.52. The van der Waals surface area contributed by atoms with Crippen LogP contribution in [0, 0.1) is 11.8 Å². The van der Waals surface area contributed by atoms with E-state index < -0.39 is 5.60 Å². The van der Waals surface area contributed by atoms with E-state index in [4.69, 9.17) is 4.74 Å². The smallest absolute Gasteiger partial charge is 0.251 e. The lowest BCUT2D eigenvalue weighted by atomic mass is 9.57. The van der Waals surface area contributed by atoms with Gasteiger partial charge in [0.05, 0.1) is 12.2 Å². The standard InChI is InChI=1S/C25H27NO3/c27-24(26-23-20-11-18-12-21(23)16-25(28,14-18)15-20)19-7-4-8-22(13-19)29-10-9-17-5-2-1-3-6-17/h1-8,11,13,20-21,23,28H,9-10,12,14-16H2,(H,26,27). The Hall–Kier alpha value is -2.59. The molecule has 0 spiro atoms. The van der Waals surface area contributed by atoms with E-state index >= 15 is 0 Å². The molecule has 4 aliphatic carbocycles. The number of benzene rings is 2. The van der Waals surface area contributed by atoms with Crippen molar-refractivity contribution >= 4 is 5.91 Å². The van der Waals surface area contributed by atoms with Crippen LogP contribution in [0.5, 0.6) is 5.75 Å². The molecule has 0 heterocycles. The van der Waals surface area contributed by atoms with Gasteiger partial charge in [-0.25, -0.2) is 0 Å². The second-order valence-electron chi connectivity index (χ2n) is 8.87. The highest BCUT2D eigenvalue weighted by Gasteiger charge is 2.51. The van der Waals surface area contributed by atoms with Crippen molar-refractivity contribution in [3.8, 4) is 5.75 Å². The number of ether oxygens (including phenoxy) is 1. The molecule has 2 aromatic rings. The zero-order valence-electron chi connectivity index (χ0n) is 16.5. The fourth-order valence-electron chi connectivity index (χ4n) is 5.50. The summed E-state index contributed by atoms with van der Waals surface area (Å²) in [5, 5.41) is 14.0. The van der Waals surface area contributed by atoms with E-state index in [1.165, 1.54) is 11.1 Å². The van der Waals surface area contributed by atoms with Crippen molar-refractivity contribution in [3.63, 3.8) is 0 Å². The predicted octanol–water partition coefficient (Wildman–Crippen LogP) is 3.90. The SMILES string of the molecule is O=C(NC1C2C=C3CC1CC(O)(C3)C2)c1cccc(OCCc2ccccc2)c1. The molecule has 0 aliphatic heterocycles. The number of amides is 1. The van der Waals surface area contributed by atoms with Crippen molar-refractivity contribution in [1.29, 1.82) is 0 Å². The molecule has 0 aromatic heterocycles. The molecule has 4 bridgehead atoms. The summed E-state index contributed by atoms with van der Waals surface area (Å²) in [5.74, 6) is 1.27. The van der Waals surface area contributed by atoms with E-state index in [1.54, 1.807) is 0 Å². The van der Waals surface area contributed by atoms with Gasteiger partial charge in [-0.2, -0.15) is 0 Å². The summed E-state index contributed by atoms with van der Waals surface area (Å²) in [5.41, 5.74) is 2.70. The molecule has 6 rings (SSSR count). The van der Waals surface area contributed by atoms with Crippen molar-refractivity contribution in [2.45, 2.75) is 43.7 Å². The van der Waals surface area contributed by atoms with Crippen LogP contribution in [0.1, 0.15) is 41.6 Å². The van der Waals surface area contributed by atoms with Gasteiger partial charge in [-0.1, -0.05) is 48.0 Å². The molecule has 150 valence electrons. The number of carbonyl (C=O) groups is 1. The highest BCUT2D eigenvalue weighted by Crippen LogP contribution is 2.52. The van der Waals surface area contributed by atoms with E-state index in [-0.39, 0.29) is 17.9 Å². The minimum atomic E-state index is -0.536. The highest BCUT2D eigenvalue weighted by atomic mass is 16.5. The molecule has 2 fully saturated rings. The van der Waals surface area contributed by atoms with Crippen molar-refractivity contribution in [3.05, 3.63) is 77.4 Å². The lowest BCUT2D eigenvalue weighted by Crippen LogP contribution is -2.58. The fourth-order valence-corrected chi connectivity index (χ4v) is 5.50. The first-order chi connectivity index (χ1) is 14.1. The summed E-state index contributed by atoms with van der Waals surface area (Å²) in [4.78, 5) is 12.9. The maximum Gasteiger partial charge on any atom is 0.251 e. The molecule has 29 heavy (non-hydrogen) atoms. The zero-order chi connectivity index (χ0) is 19.8. The molecular weight excluding hydrogens is 362 g/mol. The molecule has 4 aliphatic rings. The summed E-state index contributed by atoms with van der Waals surface area (Å²) < 4.78 is 5.88. The van der Waals surface area contributed by atoms with Crippen LogP contribution in [0.2, 0.25) is 0 Å². The van der Waals surface area contributed by atoms with E-state index in [0.29, 0.717) is 18.1 Å². The highest BCUT2D eigenvalue weighted by molar-refractivity contribution is 5.94. The normalized spacial score (nSPS) is 29.4. The van der Waals surface area contributed by atoms with Gasteiger partial charge in [0.2, 0.25) is 0 Å². The maximum absolute atomic E-state index is 12.9. The third kappa shape index (κ3) is 3.82. The van der Waals surface area contributed by atoms with Gasteiger partial charge in [0, 0.05) is 23.9 Å². The van der Waals surface area contributed by atoms with Crippen molar-refractivity contribution in [1.82, 2.24) is 5.32 Å². The Bertz CT molecular complexity index is 938. The van der Waals surface area contributed by atoms with Crippen molar-refractivity contribution < 1.29 is 14.6 Å². The van der Waals surface area contributed by atoms with Gasteiger partial charge in [-0.3, -0.25) is 4.79 Å². The maximum atomic E-state index is 12.9. The van der Waals surface area contributed by atoms with Crippen LogP contribution in [0.4, 0.5) is 0 Å². The Morgan fingerprint density at radius 2 is 2.00 bits per heavy atom. The third-order valence-corrected chi connectivity index (χ3v) is 6.65. The Balaban J connectivity index is 1.21. The number of rotatable bonds is 6. The van der Waals surface area contributed by atoms with Gasteiger partial charge in [-0.05, 0) is 55.4 Å². The monoisotopic (exact) mass is 389 g/mol. The molecule has 1 amide bonds. The van der Waals surface area contributed by atoms with E-state index in [9.17, 15) is 9.90 Å². The summed E-state index contributed by atoms with van der Waals surface area (Å²) >= 11 is 0. The van der Waals surface area contributed by atoms with E-state index in [2.05, 4.69) is 23.5 Å². The Morgan fingerprint density at radius 1 is 1.14 bits per heavy atom. The number of hydrogen-bond acceptors (Lipinski definition) is 3. The van der Waals surface area contributed by atoms with Gasteiger partial charge in [0.15, 0.2) is 0 Å². The minimum absolute atomic E-state index is 0.0543. The summed E-state index contributed by atoms with van der Waals surface area (Å²) in [6, 6.07) is 17.8. The van der Waals surface area contributed by atoms with Crippen molar-refractivity contribution in [2.75, 3.05) is 6.61 Å². The van der Waals surface area contributed by atoms with Crippen LogP contribution in [0.15, 0.2) is 66.2 Å². The summed E-state index contributed by atoms with van der Waals surface area (Å²) in [7, 11) is 0. The Kier molecular flexibility index (Phi) is 4.67. The Labute approximate surface area is 171 Å². The number of hydrogen-bond donors (Lipinski definition) is 2. The molecule has 4 unspecified atom stereocenters. The fraction of sp³-hybridized carbons (Fsp3) is 0.400.